The molecule has 1 atom stereocenters. The summed E-state index contributed by atoms with van der Waals surface area (Å²) in [5, 5.41) is 0. The predicted octanol–water partition coefficient (Wildman–Crippen LogP) is 3.25. The highest BCUT2D eigenvalue weighted by molar-refractivity contribution is 5.35. The molecule has 0 saturated heterocycles. The zero-order valence-electron chi connectivity index (χ0n) is 11.5. The molecule has 3 rings (SSSR count). The Morgan fingerprint density at radius 2 is 1.90 bits per heavy atom. The average Bonchev–Trinajstić information content (AvgIpc) is 2.98. The summed E-state index contributed by atoms with van der Waals surface area (Å²) in [5.74, 6) is -0.274. The Hall–Kier alpha value is -2.46. The van der Waals surface area contributed by atoms with Gasteiger partial charge < -0.3 is 10.3 Å². The van der Waals surface area contributed by atoms with Crippen molar-refractivity contribution in [2.45, 2.75) is 12.5 Å². The first-order valence-corrected chi connectivity index (χ1v) is 6.82. The number of hydrogen-bond acceptors (Lipinski definition) is 2. The predicted molar refractivity (Wildman–Crippen MR) is 80.6 cm³/mol. The monoisotopic (exact) mass is 281 g/mol. The van der Waals surface area contributed by atoms with Crippen molar-refractivity contribution >= 4 is 0 Å². The molecule has 0 spiro atoms. The molecule has 3 nitrogen and oxygen atoms in total. The lowest BCUT2D eigenvalue weighted by Crippen LogP contribution is -2.17. The van der Waals surface area contributed by atoms with Crippen molar-refractivity contribution in [3.05, 3.63) is 84.2 Å². The second-order valence-electron chi connectivity index (χ2n) is 4.96. The fourth-order valence-electron chi connectivity index (χ4n) is 2.39. The molecule has 0 aliphatic carbocycles. The number of nitrogens with two attached hydrogens (primary N) is 1. The first-order valence-electron chi connectivity index (χ1n) is 6.82. The first-order chi connectivity index (χ1) is 10.2. The molecule has 2 aromatic carbocycles. The molecule has 21 heavy (non-hydrogen) atoms. The maximum absolute atomic E-state index is 13.4. The van der Waals surface area contributed by atoms with Crippen LogP contribution < -0.4 is 5.73 Å². The average molecular weight is 281 g/mol. The largest absolute Gasteiger partial charge is 0.322 e. The second-order valence-corrected chi connectivity index (χ2v) is 4.96. The highest BCUT2D eigenvalue weighted by atomic mass is 19.1. The maximum Gasteiger partial charge on any atom is 0.125 e. The zero-order valence-corrected chi connectivity index (χ0v) is 11.5. The van der Waals surface area contributed by atoms with Gasteiger partial charge in [0, 0.05) is 5.69 Å². The van der Waals surface area contributed by atoms with Crippen LogP contribution in [0.25, 0.3) is 5.69 Å². The Labute approximate surface area is 122 Å². The molecule has 4 heteroatoms. The number of rotatable bonds is 4. The van der Waals surface area contributed by atoms with Crippen LogP contribution in [0, 0.1) is 5.82 Å². The molecule has 1 heterocycles. The number of benzene rings is 2. The van der Waals surface area contributed by atoms with Crippen molar-refractivity contribution in [2.75, 3.05) is 0 Å². The lowest BCUT2D eigenvalue weighted by Gasteiger charge is -2.15. The van der Waals surface area contributed by atoms with Crippen LogP contribution in [0.5, 0.6) is 0 Å². The van der Waals surface area contributed by atoms with E-state index in [4.69, 9.17) is 5.73 Å². The van der Waals surface area contributed by atoms with Crippen molar-refractivity contribution in [1.82, 2.24) is 9.55 Å². The number of imidazole rings is 1. The fourth-order valence-corrected chi connectivity index (χ4v) is 2.39. The molecule has 0 radical (unpaired) electrons. The SMILES string of the molecule is N[C@H](Cc1ccccc1)c1cncn1-c1cccc(F)c1. The van der Waals surface area contributed by atoms with Crippen LogP contribution in [-0.2, 0) is 6.42 Å². The lowest BCUT2D eigenvalue weighted by atomic mass is 10.0. The third kappa shape index (κ3) is 3.01. The summed E-state index contributed by atoms with van der Waals surface area (Å²) in [4.78, 5) is 4.15. The normalized spacial score (nSPS) is 12.3. The molecule has 0 bridgehead atoms. The smallest absolute Gasteiger partial charge is 0.125 e. The van der Waals surface area contributed by atoms with E-state index in [1.54, 1.807) is 18.6 Å². The van der Waals surface area contributed by atoms with E-state index in [0.29, 0.717) is 6.42 Å². The summed E-state index contributed by atoms with van der Waals surface area (Å²) in [6, 6.07) is 16.3. The Morgan fingerprint density at radius 1 is 1.10 bits per heavy atom. The standard InChI is InChI=1S/C17H16FN3/c18-14-7-4-8-15(10-14)21-12-20-11-17(21)16(19)9-13-5-2-1-3-6-13/h1-8,10-12,16H,9,19H2/t16-/m1/s1. The topological polar surface area (TPSA) is 43.8 Å². The molecular formula is C17H16FN3. The summed E-state index contributed by atoms with van der Waals surface area (Å²) in [6.45, 7) is 0. The molecular weight excluding hydrogens is 265 g/mol. The van der Waals surface area contributed by atoms with Gasteiger partial charge in [-0.25, -0.2) is 9.37 Å². The van der Waals surface area contributed by atoms with E-state index < -0.39 is 0 Å². The van der Waals surface area contributed by atoms with Crippen LogP contribution in [-0.4, -0.2) is 9.55 Å². The Bertz CT molecular complexity index is 722. The Balaban J connectivity index is 1.88. The van der Waals surface area contributed by atoms with Gasteiger partial charge in [0.2, 0.25) is 0 Å². The van der Waals surface area contributed by atoms with E-state index in [1.165, 1.54) is 12.1 Å². The molecule has 0 unspecified atom stereocenters. The van der Waals surface area contributed by atoms with Crippen LogP contribution >= 0.6 is 0 Å². The third-order valence-electron chi connectivity index (χ3n) is 3.43. The van der Waals surface area contributed by atoms with Crippen LogP contribution in [0.1, 0.15) is 17.3 Å². The Kier molecular flexibility index (Phi) is 3.79. The fraction of sp³-hybridized carbons (Fsp3) is 0.118. The summed E-state index contributed by atoms with van der Waals surface area (Å²) < 4.78 is 15.2. The number of aromatic nitrogens is 2. The summed E-state index contributed by atoms with van der Waals surface area (Å²) >= 11 is 0. The summed E-state index contributed by atoms with van der Waals surface area (Å²) in [7, 11) is 0. The van der Waals surface area contributed by atoms with Gasteiger partial charge in [0.1, 0.15) is 5.82 Å². The molecule has 0 aliphatic rings. The van der Waals surface area contributed by atoms with E-state index in [0.717, 1.165) is 16.9 Å². The third-order valence-corrected chi connectivity index (χ3v) is 3.43. The van der Waals surface area contributed by atoms with Gasteiger partial charge in [-0.3, -0.25) is 0 Å². The lowest BCUT2D eigenvalue weighted by molar-refractivity contribution is 0.624. The quantitative estimate of drug-likeness (QED) is 0.797. The van der Waals surface area contributed by atoms with E-state index in [2.05, 4.69) is 4.98 Å². The molecule has 0 saturated carbocycles. The number of halogens is 1. The molecule has 2 N–H and O–H groups in total. The molecule has 0 amide bonds. The van der Waals surface area contributed by atoms with Gasteiger partial charge in [0.15, 0.2) is 0 Å². The van der Waals surface area contributed by atoms with Crippen LogP contribution in [0.2, 0.25) is 0 Å². The maximum atomic E-state index is 13.4. The number of nitrogens with zero attached hydrogens (tertiary/aromatic N) is 2. The second kappa shape index (κ2) is 5.89. The van der Waals surface area contributed by atoms with Gasteiger partial charge >= 0.3 is 0 Å². The minimum absolute atomic E-state index is 0.196. The van der Waals surface area contributed by atoms with Gasteiger partial charge in [0.05, 0.1) is 24.3 Å². The Morgan fingerprint density at radius 3 is 2.67 bits per heavy atom. The van der Waals surface area contributed by atoms with Gasteiger partial charge in [-0.2, -0.15) is 0 Å². The van der Waals surface area contributed by atoms with Crippen LogP contribution in [0.15, 0.2) is 67.1 Å². The van der Waals surface area contributed by atoms with E-state index in [1.807, 2.05) is 41.0 Å². The van der Waals surface area contributed by atoms with Crippen LogP contribution in [0.3, 0.4) is 0 Å². The molecule has 3 aromatic rings. The van der Waals surface area contributed by atoms with E-state index in [9.17, 15) is 4.39 Å². The van der Waals surface area contributed by atoms with Gasteiger partial charge in [-0.05, 0) is 30.2 Å². The molecule has 1 aromatic heterocycles. The van der Waals surface area contributed by atoms with Crippen molar-refractivity contribution in [3.8, 4) is 5.69 Å². The van der Waals surface area contributed by atoms with Crippen molar-refractivity contribution in [3.63, 3.8) is 0 Å². The van der Waals surface area contributed by atoms with Crippen LogP contribution in [0.4, 0.5) is 4.39 Å². The minimum Gasteiger partial charge on any atom is -0.322 e. The first kappa shape index (κ1) is 13.5. The van der Waals surface area contributed by atoms with Crippen molar-refractivity contribution < 1.29 is 4.39 Å². The summed E-state index contributed by atoms with van der Waals surface area (Å²) in [5.41, 5.74) is 9.05. The van der Waals surface area contributed by atoms with E-state index in [-0.39, 0.29) is 11.9 Å². The molecule has 0 aliphatic heterocycles. The van der Waals surface area contributed by atoms with Crippen molar-refractivity contribution in [2.24, 2.45) is 5.73 Å². The minimum atomic E-state index is -0.274. The summed E-state index contributed by atoms with van der Waals surface area (Å²) in [6.07, 6.45) is 4.11. The van der Waals surface area contributed by atoms with Gasteiger partial charge in [0.25, 0.3) is 0 Å². The number of hydrogen-bond donors (Lipinski definition) is 1. The zero-order chi connectivity index (χ0) is 14.7. The van der Waals surface area contributed by atoms with Gasteiger partial charge in [-0.1, -0.05) is 36.4 Å². The molecule has 106 valence electrons. The van der Waals surface area contributed by atoms with Gasteiger partial charge in [-0.15, -0.1) is 0 Å². The van der Waals surface area contributed by atoms with E-state index >= 15 is 0 Å². The highest BCUT2D eigenvalue weighted by Gasteiger charge is 2.13. The molecule has 0 fully saturated rings. The van der Waals surface area contributed by atoms with Crippen molar-refractivity contribution in [1.29, 1.82) is 0 Å². The highest BCUT2D eigenvalue weighted by Crippen LogP contribution is 2.20.